The van der Waals surface area contributed by atoms with Gasteiger partial charge in [0.15, 0.2) is 0 Å². The number of rotatable bonds is 3. The highest BCUT2D eigenvalue weighted by atomic mass is 16.4. The van der Waals surface area contributed by atoms with Crippen molar-refractivity contribution in [1.82, 2.24) is 9.78 Å². The minimum absolute atomic E-state index is 0.105. The molecule has 1 N–H and O–H groups in total. The van der Waals surface area contributed by atoms with Crippen molar-refractivity contribution in [3.63, 3.8) is 0 Å². The van der Waals surface area contributed by atoms with Crippen LogP contribution in [0.2, 0.25) is 0 Å². The van der Waals surface area contributed by atoms with Gasteiger partial charge in [-0.05, 0) is 19.4 Å². The van der Waals surface area contributed by atoms with Gasteiger partial charge in [0.05, 0.1) is 5.69 Å². The molecular formula is C13H14N2O2. The fourth-order valence-corrected chi connectivity index (χ4v) is 1.83. The van der Waals surface area contributed by atoms with Crippen LogP contribution in [0.25, 0.3) is 11.1 Å². The second kappa shape index (κ2) is 4.41. The van der Waals surface area contributed by atoms with Crippen LogP contribution >= 0.6 is 0 Å². The molecule has 0 unspecified atom stereocenters. The van der Waals surface area contributed by atoms with Gasteiger partial charge < -0.3 is 5.11 Å². The Morgan fingerprint density at radius 1 is 1.41 bits per heavy atom. The number of aryl methyl sites for hydroxylation is 2. The van der Waals surface area contributed by atoms with Crippen LogP contribution in [0.15, 0.2) is 30.5 Å². The molecule has 0 amide bonds. The third kappa shape index (κ3) is 2.53. The van der Waals surface area contributed by atoms with E-state index in [-0.39, 0.29) is 6.54 Å². The van der Waals surface area contributed by atoms with Crippen LogP contribution in [0.3, 0.4) is 0 Å². The fourth-order valence-electron chi connectivity index (χ4n) is 1.83. The van der Waals surface area contributed by atoms with Crippen molar-refractivity contribution in [3.05, 3.63) is 41.7 Å². The minimum atomic E-state index is -0.886. The molecular weight excluding hydrogens is 216 g/mol. The number of carboxylic acid groups (broad SMARTS) is 1. The van der Waals surface area contributed by atoms with Crippen molar-refractivity contribution in [2.24, 2.45) is 0 Å². The average Bonchev–Trinajstić information content (AvgIpc) is 2.58. The van der Waals surface area contributed by atoms with Gasteiger partial charge in [0, 0.05) is 11.8 Å². The highest BCUT2D eigenvalue weighted by molar-refractivity contribution is 5.68. The fraction of sp³-hybridized carbons (Fsp3) is 0.231. The second-order valence-electron chi connectivity index (χ2n) is 4.09. The molecule has 2 aromatic rings. The van der Waals surface area contributed by atoms with E-state index in [1.54, 1.807) is 6.20 Å². The first-order valence-electron chi connectivity index (χ1n) is 5.39. The van der Waals surface area contributed by atoms with Gasteiger partial charge in [-0.25, -0.2) is 0 Å². The average molecular weight is 230 g/mol. The Balaban J connectivity index is 2.39. The van der Waals surface area contributed by atoms with Gasteiger partial charge in [-0.15, -0.1) is 0 Å². The number of carbonyl (C=O) groups is 1. The first kappa shape index (κ1) is 11.4. The molecule has 0 radical (unpaired) electrons. The van der Waals surface area contributed by atoms with E-state index in [0.29, 0.717) is 0 Å². The van der Waals surface area contributed by atoms with E-state index < -0.39 is 5.97 Å². The van der Waals surface area contributed by atoms with Gasteiger partial charge in [-0.3, -0.25) is 9.48 Å². The standard InChI is InChI=1S/C13H14N2O2/c1-9-4-3-5-11(6-9)12-7-15(8-13(16)17)14-10(12)2/h3-7H,8H2,1-2H3,(H,16,17). The molecule has 1 aromatic carbocycles. The van der Waals surface area contributed by atoms with E-state index in [0.717, 1.165) is 16.8 Å². The normalized spacial score (nSPS) is 10.5. The van der Waals surface area contributed by atoms with Gasteiger partial charge in [0.1, 0.15) is 6.54 Å². The molecule has 0 atom stereocenters. The summed E-state index contributed by atoms with van der Waals surface area (Å²) in [4.78, 5) is 10.6. The predicted octanol–water partition coefficient (Wildman–Crippen LogP) is 2.25. The van der Waals surface area contributed by atoms with E-state index in [2.05, 4.69) is 11.2 Å². The van der Waals surface area contributed by atoms with Gasteiger partial charge in [0.2, 0.25) is 0 Å². The van der Waals surface area contributed by atoms with E-state index in [4.69, 9.17) is 5.11 Å². The topological polar surface area (TPSA) is 55.1 Å². The highest BCUT2D eigenvalue weighted by Gasteiger charge is 2.09. The zero-order valence-corrected chi connectivity index (χ0v) is 9.84. The van der Waals surface area contributed by atoms with Crippen molar-refractivity contribution < 1.29 is 9.90 Å². The summed E-state index contributed by atoms with van der Waals surface area (Å²) in [6.07, 6.45) is 1.78. The molecule has 17 heavy (non-hydrogen) atoms. The third-order valence-electron chi connectivity index (χ3n) is 2.57. The lowest BCUT2D eigenvalue weighted by molar-refractivity contribution is -0.137. The Morgan fingerprint density at radius 2 is 2.18 bits per heavy atom. The first-order valence-corrected chi connectivity index (χ1v) is 5.39. The van der Waals surface area contributed by atoms with Crippen LogP contribution in [0.1, 0.15) is 11.3 Å². The summed E-state index contributed by atoms with van der Waals surface area (Å²) in [5.74, 6) is -0.886. The molecule has 0 bridgehead atoms. The van der Waals surface area contributed by atoms with Gasteiger partial charge in [-0.1, -0.05) is 29.8 Å². The zero-order chi connectivity index (χ0) is 12.4. The summed E-state index contributed by atoms with van der Waals surface area (Å²) in [5, 5.41) is 12.9. The third-order valence-corrected chi connectivity index (χ3v) is 2.57. The van der Waals surface area contributed by atoms with Crippen LogP contribution in [0.5, 0.6) is 0 Å². The maximum atomic E-state index is 10.6. The second-order valence-corrected chi connectivity index (χ2v) is 4.09. The van der Waals surface area contributed by atoms with E-state index in [9.17, 15) is 4.79 Å². The Morgan fingerprint density at radius 3 is 2.82 bits per heavy atom. The molecule has 1 heterocycles. The lowest BCUT2D eigenvalue weighted by Gasteiger charge is -1.99. The van der Waals surface area contributed by atoms with Crippen LogP contribution < -0.4 is 0 Å². The van der Waals surface area contributed by atoms with E-state index >= 15 is 0 Å². The summed E-state index contributed by atoms with van der Waals surface area (Å²) < 4.78 is 1.45. The van der Waals surface area contributed by atoms with Crippen LogP contribution in [0, 0.1) is 13.8 Å². The highest BCUT2D eigenvalue weighted by Crippen LogP contribution is 2.23. The first-order chi connectivity index (χ1) is 8.06. The summed E-state index contributed by atoms with van der Waals surface area (Å²) in [6.45, 7) is 3.81. The molecule has 2 rings (SSSR count). The number of carboxylic acids is 1. The lowest BCUT2D eigenvalue weighted by atomic mass is 10.0. The summed E-state index contributed by atoms with van der Waals surface area (Å²) in [5.41, 5.74) is 4.07. The molecule has 0 fully saturated rings. The summed E-state index contributed by atoms with van der Waals surface area (Å²) in [6, 6.07) is 8.08. The van der Waals surface area contributed by atoms with Crippen LogP contribution in [-0.4, -0.2) is 20.9 Å². The summed E-state index contributed by atoms with van der Waals surface area (Å²) in [7, 11) is 0. The van der Waals surface area contributed by atoms with Crippen molar-refractivity contribution in [3.8, 4) is 11.1 Å². The number of benzene rings is 1. The molecule has 88 valence electrons. The molecule has 0 saturated heterocycles. The number of hydrogen-bond acceptors (Lipinski definition) is 2. The Bertz CT molecular complexity index is 558. The maximum Gasteiger partial charge on any atom is 0.325 e. The molecule has 4 nitrogen and oxygen atoms in total. The molecule has 4 heteroatoms. The van der Waals surface area contributed by atoms with E-state index in [1.165, 1.54) is 10.2 Å². The van der Waals surface area contributed by atoms with Crippen molar-refractivity contribution in [2.75, 3.05) is 0 Å². The van der Waals surface area contributed by atoms with Gasteiger partial charge >= 0.3 is 5.97 Å². The maximum absolute atomic E-state index is 10.6. The molecule has 0 aliphatic rings. The predicted molar refractivity (Wildman–Crippen MR) is 64.8 cm³/mol. The van der Waals surface area contributed by atoms with Crippen LogP contribution in [0.4, 0.5) is 0 Å². The zero-order valence-electron chi connectivity index (χ0n) is 9.84. The van der Waals surface area contributed by atoms with Gasteiger partial charge in [-0.2, -0.15) is 5.10 Å². The number of aliphatic carboxylic acids is 1. The monoisotopic (exact) mass is 230 g/mol. The molecule has 0 aliphatic heterocycles. The van der Waals surface area contributed by atoms with Crippen molar-refractivity contribution in [1.29, 1.82) is 0 Å². The van der Waals surface area contributed by atoms with Crippen molar-refractivity contribution in [2.45, 2.75) is 20.4 Å². The van der Waals surface area contributed by atoms with Gasteiger partial charge in [0.25, 0.3) is 0 Å². The number of aromatic nitrogens is 2. The largest absolute Gasteiger partial charge is 0.480 e. The van der Waals surface area contributed by atoms with E-state index in [1.807, 2.05) is 32.0 Å². The molecule has 0 aliphatic carbocycles. The molecule has 1 aromatic heterocycles. The number of nitrogens with zero attached hydrogens (tertiary/aromatic N) is 2. The molecule has 0 saturated carbocycles. The smallest absolute Gasteiger partial charge is 0.325 e. The minimum Gasteiger partial charge on any atom is -0.480 e. The Kier molecular flexibility index (Phi) is 2.95. The SMILES string of the molecule is Cc1cccc(-c2cn(CC(=O)O)nc2C)c1. The number of hydrogen-bond donors (Lipinski definition) is 1. The lowest BCUT2D eigenvalue weighted by Crippen LogP contribution is -2.08. The summed E-state index contributed by atoms with van der Waals surface area (Å²) >= 11 is 0. The quantitative estimate of drug-likeness (QED) is 0.879. The molecule has 0 spiro atoms. The van der Waals surface area contributed by atoms with Crippen LogP contribution in [-0.2, 0) is 11.3 Å². The Labute approximate surface area is 99.5 Å². The van der Waals surface area contributed by atoms with Crippen molar-refractivity contribution >= 4 is 5.97 Å². The Hall–Kier alpha value is -2.10.